The van der Waals surface area contributed by atoms with Gasteiger partial charge in [0, 0.05) is 24.0 Å². The largest absolute Gasteiger partial charge is 0.490 e. The molecule has 0 aliphatic heterocycles. The standard InChI is InChI=1S/C14H13F5O4S/c15-5-24(21,22)8-2-1-7(23-6-3-14(18,19)4-6)9-10(8)13(20)12(17)11(9)16/h1-2,6,11-13,20H,3-5H2. The van der Waals surface area contributed by atoms with Crippen LogP contribution in [0.15, 0.2) is 17.0 Å². The molecule has 1 aromatic carbocycles. The molecule has 2 aliphatic carbocycles. The van der Waals surface area contributed by atoms with Crippen molar-refractivity contribution in [1.82, 2.24) is 0 Å². The molecule has 3 unspecified atom stereocenters. The maximum atomic E-state index is 14.2. The number of hydrogen-bond donors (Lipinski definition) is 1. The van der Waals surface area contributed by atoms with Crippen molar-refractivity contribution in [3.63, 3.8) is 0 Å². The molecule has 0 radical (unpaired) electrons. The summed E-state index contributed by atoms with van der Waals surface area (Å²) in [6.45, 7) is 0. The van der Waals surface area contributed by atoms with Crippen LogP contribution in [0.5, 0.6) is 5.75 Å². The van der Waals surface area contributed by atoms with E-state index < -0.39 is 75.2 Å². The van der Waals surface area contributed by atoms with Gasteiger partial charge in [-0.15, -0.1) is 0 Å². The molecule has 1 fully saturated rings. The van der Waals surface area contributed by atoms with E-state index in [-0.39, 0.29) is 5.75 Å². The number of rotatable bonds is 4. The first-order chi connectivity index (χ1) is 11.1. The van der Waals surface area contributed by atoms with Crippen molar-refractivity contribution < 1.29 is 40.2 Å². The minimum absolute atomic E-state index is 0.324. The van der Waals surface area contributed by atoms with Crippen LogP contribution < -0.4 is 4.74 Å². The summed E-state index contributed by atoms with van der Waals surface area (Å²) in [5.74, 6) is -3.22. The van der Waals surface area contributed by atoms with Crippen molar-refractivity contribution in [3.8, 4) is 5.75 Å². The summed E-state index contributed by atoms with van der Waals surface area (Å²) in [4.78, 5) is -0.735. The minimum Gasteiger partial charge on any atom is -0.490 e. The van der Waals surface area contributed by atoms with Crippen molar-refractivity contribution in [1.29, 1.82) is 0 Å². The van der Waals surface area contributed by atoms with E-state index in [1.807, 2.05) is 0 Å². The molecule has 0 bridgehead atoms. The third kappa shape index (κ3) is 2.65. The van der Waals surface area contributed by atoms with Crippen molar-refractivity contribution in [2.75, 3.05) is 6.01 Å². The van der Waals surface area contributed by atoms with E-state index in [1.165, 1.54) is 0 Å². The summed E-state index contributed by atoms with van der Waals surface area (Å²) >= 11 is 0. The maximum absolute atomic E-state index is 14.2. The highest BCUT2D eigenvalue weighted by Crippen LogP contribution is 2.51. The second-order valence-electron chi connectivity index (χ2n) is 5.91. The van der Waals surface area contributed by atoms with Gasteiger partial charge in [0.2, 0.25) is 9.84 Å². The van der Waals surface area contributed by atoms with Crippen LogP contribution in [0.4, 0.5) is 22.0 Å². The minimum atomic E-state index is -4.49. The van der Waals surface area contributed by atoms with Crippen molar-refractivity contribution >= 4 is 9.84 Å². The first-order valence-corrected chi connectivity index (χ1v) is 8.69. The van der Waals surface area contributed by atoms with E-state index in [1.54, 1.807) is 0 Å². The van der Waals surface area contributed by atoms with Gasteiger partial charge in [0.25, 0.3) is 5.92 Å². The number of aliphatic hydroxyl groups excluding tert-OH is 1. The molecule has 4 nitrogen and oxygen atoms in total. The van der Waals surface area contributed by atoms with Gasteiger partial charge >= 0.3 is 0 Å². The quantitative estimate of drug-likeness (QED) is 0.826. The summed E-state index contributed by atoms with van der Waals surface area (Å²) in [5.41, 5.74) is -1.18. The van der Waals surface area contributed by atoms with Gasteiger partial charge in [-0.05, 0) is 12.1 Å². The van der Waals surface area contributed by atoms with Gasteiger partial charge in [-0.1, -0.05) is 0 Å². The van der Waals surface area contributed by atoms with E-state index in [2.05, 4.69) is 0 Å². The van der Waals surface area contributed by atoms with E-state index >= 15 is 0 Å². The first kappa shape index (κ1) is 17.4. The van der Waals surface area contributed by atoms with Gasteiger partial charge < -0.3 is 9.84 Å². The number of hydrogen-bond acceptors (Lipinski definition) is 4. The fraction of sp³-hybridized carbons (Fsp3) is 0.571. The van der Waals surface area contributed by atoms with Crippen molar-refractivity contribution in [2.24, 2.45) is 0 Å². The lowest BCUT2D eigenvalue weighted by atomic mass is 9.91. The molecule has 10 heteroatoms. The molecule has 134 valence electrons. The Balaban J connectivity index is 2.05. The number of halogens is 5. The highest BCUT2D eigenvalue weighted by Gasteiger charge is 2.49. The Labute approximate surface area is 134 Å². The van der Waals surface area contributed by atoms with Crippen LogP contribution in [0.3, 0.4) is 0 Å². The molecule has 2 aliphatic rings. The fourth-order valence-corrected chi connectivity index (χ4v) is 3.93. The van der Waals surface area contributed by atoms with Crippen LogP contribution in [0.25, 0.3) is 0 Å². The van der Waals surface area contributed by atoms with Crippen molar-refractivity contribution in [3.05, 3.63) is 23.3 Å². The molecule has 0 amide bonds. The molecule has 1 N–H and O–H groups in total. The summed E-state index contributed by atoms with van der Waals surface area (Å²) in [7, 11) is -4.49. The molecular weight excluding hydrogens is 359 g/mol. The predicted octanol–water partition coefficient (Wildman–Crippen LogP) is 2.96. The zero-order valence-electron chi connectivity index (χ0n) is 12.1. The monoisotopic (exact) mass is 372 g/mol. The summed E-state index contributed by atoms with van der Waals surface area (Å²) in [5, 5.41) is 9.80. The number of benzene rings is 1. The molecule has 0 heterocycles. The zero-order chi connectivity index (χ0) is 17.9. The topological polar surface area (TPSA) is 63.6 Å². The lowest BCUT2D eigenvalue weighted by Crippen LogP contribution is -2.43. The number of fused-ring (bicyclic) bond motifs is 1. The number of aliphatic hydroxyl groups is 1. The normalized spacial score (nSPS) is 29.2. The predicted molar refractivity (Wildman–Crippen MR) is 71.9 cm³/mol. The van der Waals surface area contributed by atoms with Gasteiger partial charge in [-0.25, -0.2) is 30.4 Å². The molecule has 3 atom stereocenters. The smallest absolute Gasteiger partial charge is 0.255 e. The van der Waals surface area contributed by atoms with Crippen LogP contribution in [-0.4, -0.2) is 37.7 Å². The van der Waals surface area contributed by atoms with E-state index in [9.17, 15) is 35.5 Å². The Kier molecular flexibility index (Phi) is 4.03. The lowest BCUT2D eigenvalue weighted by molar-refractivity contribution is -0.134. The van der Waals surface area contributed by atoms with Crippen LogP contribution in [0.2, 0.25) is 0 Å². The molecule has 24 heavy (non-hydrogen) atoms. The van der Waals surface area contributed by atoms with E-state index in [4.69, 9.17) is 4.74 Å². The third-order valence-electron chi connectivity index (χ3n) is 4.18. The molecule has 0 spiro atoms. The zero-order valence-corrected chi connectivity index (χ0v) is 12.9. The summed E-state index contributed by atoms with van der Waals surface area (Å²) < 4.78 is 95.1. The Hall–Kier alpha value is -1.42. The lowest BCUT2D eigenvalue weighted by Gasteiger charge is -2.35. The van der Waals surface area contributed by atoms with E-state index in [0.717, 1.165) is 12.1 Å². The molecular formula is C14H13F5O4S. The summed E-state index contributed by atoms with van der Waals surface area (Å²) in [6.07, 6.45) is -9.12. The second kappa shape index (κ2) is 5.55. The van der Waals surface area contributed by atoms with Crippen molar-refractivity contribution in [2.45, 2.75) is 48.2 Å². The Morgan fingerprint density at radius 3 is 2.38 bits per heavy atom. The number of ether oxygens (including phenoxy) is 1. The number of sulfone groups is 1. The average molecular weight is 372 g/mol. The second-order valence-corrected chi connectivity index (χ2v) is 7.80. The molecule has 1 aromatic rings. The Bertz CT molecular complexity index is 759. The first-order valence-electron chi connectivity index (χ1n) is 7.03. The number of alkyl halides is 5. The maximum Gasteiger partial charge on any atom is 0.255 e. The van der Waals surface area contributed by atoms with E-state index in [0.29, 0.717) is 0 Å². The van der Waals surface area contributed by atoms with Crippen LogP contribution in [0.1, 0.15) is 36.2 Å². The van der Waals surface area contributed by atoms with Crippen LogP contribution in [-0.2, 0) is 9.84 Å². The third-order valence-corrected chi connectivity index (χ3v) is 5.50. The Morgan fingerprint density at radius 2 is 1.83 bits per heavy atom. The molecule has 0 saturated heterocycles. The molecule has 0 aromatic heterocycles. The van der Waals surface area contributed by atoms with Gasteiger partial charge in [0.1, 0.15) is 18.0 Å². The van der Waals surface area contributed by atoms with Gasteiger partial charge in [0.15, 0.2) is 18.3 Å². The van der Waals surface area contributed by atoms with Gasteiger partial charge in [-0.3, -0.25) is 0 Å². The fourth-order valence-electron chi connectivity index (χ4n) is 2.97. The summed E-state index contributed by atoms with van der Waals surface area (Å²) in [6, 6.07) is 0.0121. The highest BCUT2D eigenvalue weighted by molar-refractivity contribution is 7.91. The molecule has 3 rings (SSSR count). The average Bonchev–Trinajstić information content (AvgIpc) is 2.71. The molecule has 1 saturated carbocycles. The van der Waals surface area contributed by atoms with Gasteiger partial charge in [-0.2, -0.15) is 0 Å². The van der Waals surface area contributed by atoms with Crippen LogP contribution >= 0.6 is 0 Å². The SMILES string of the molecule is O=S(=O)(CF)c1ccc(OC2CC(F)(F)C2)c2c1C(O)C(F)C2F. The van der Waals surface area contributed by atoms with Gasteiger partial charge in [0.05, 0.1) is 4.90 Å². The highest BCUT2D eigenvalue weighted by atomic mass is 32.2. The Morgan fingerprint density at radius 1 is 1.21 bits per heavy atom. The van der Waals surface area contributed by atoms with Crippen LogP contribution in [0, 0.1) is 0 Å².